The molecule has 2 aromatic rings. The first-order valence-electron chi connectivity index (χ1n) is 16.9. The molecule has 0 saturated carbocycles. The van der Waals surface area contributed by atoms with Crippen LogP contribution in [0.1, 0.15) is 77.0 Å². The molecule has 10 nitrogen and oxygen atoms in total. The van der Waals surface area contributed by atoms with E-state index >= 15 is 0 Å². The van der Waals surface area contributed by atoms with Gasteiger partial charge in [-0.3, -0.25) is 9.59 Å². The molecule has 2 aliphatic rings. The molecule has 2 aromatic carbocycles. The number of benzene rings is 2. The Balaban J connectivity index is 1.27. The number of hydrogen-bond acceptors (Lipinski definition) is 7. The van der Waals surface area contributed by atoms with Crippen molar-refractivity contribution in [3.63, 3.8) is 0 Å². The van der Waals surface area contributed by atoms with Crippen molar-refractivity contribution in [1.29, 1.82) is 0 Å². The second kappa shape index (κ2) is 16.1. The topological polar surface area (TPSA) is 116 Å². The molecule has 1 atom stereocenters. The molecule has 2 aliphatic heterocycles. The van der Waals surface area contributed by atoms with E-state index in [1.54, 1.807) is 29.2 Å². The first kappa shape index (κ1) is 36.4. The Labute approximate surface area is 280 Å². The van der Waals surface area contributed by atoms with Crippen LogP contribution in [0.15, 0.2) is 59.5 Å². The van der Waals surface area contributed by atoms with Crippen LogP contribution in [0.2, 0.25) is 0 Å². The van der Waals surface area contributed by atoms with Gasteiger partial charge in [0.25, 0.3) is 0 Å². The zero-order valence-electron chi connectivity index (χ0n) is 28.6. The van der Waals surface area contributed by atoms with Crippen LogP contribution >= 0.6 is 0 Å². The lowest BCUT2D eigenvalue weighted by molar-refractivity contribution is -0.133. The van der Waals surface area contributed by atoms with Gasteiger partial charge in [0.15, 0.2) is 9.84 Å². The first-order valence-corrected chi connectivity index (χ1v) is 18.8. The number of piperidine rings is 2. The van der Waals surface area contributed by atoms with Crippen molar-refractivity contribution in [1.82, 2.24) is 20.0 Å². The fraction of sp³-hybridized carbons (Fsp3) is 0.583. The number of carbonyl (C=O) groups excluding carboxylic acids is 3. The molecule has 0 spiro atoms. The Hall–Kier alpha value is -3.44. The summed E-state index contributed by atoms with van der Waals surface area (Å²) in [6, 6.07) is 16.7. The molecule has 2 saturated heterocycles. The Kier molecular flexibility index (Phi) is 12.5. The van der Waals surface area contributed by atoms with Gasteiger partial charge >= 0.3 is 6.09 Å². The number of nitrogens with one attached hydrogen (secondary N) is 1. The van der Waals surface area contributed by atoms with Crippen molar-refractivity contribution in [3.05, 3.63) is 65.7 Å². The van der Waals surface area contributed by atoms with Gasteiger partial charge in [0.05, 0.1) is 17.4 Å². The van der Waals surface area contributed by atoms with Gasteiger partial charge in [-0.2, -0.15) is 0 Å². The smallest absolute Gasteiger partial charge is 0.410 e. The van der Waals surface area contributed by atoms with Crippen molar-refractivity contribution in [2.75, 3.05) is 45.5 Å². The van der Waals surface area contributed by atoms with E-state index in [-0.39, 0.29) is 47.2 Å². The average Bonchev–Trinajstić information content (AvgIpc) is 3.03. The molecule has 0 aliphatic carbocycles. The minimum atomic E-state index is -3.27. The molecule has 11 heteroatoms. The molecule has 0 aromatic heterocycles. The van der Waals surface area contributed by atoms with E-state index in [1.807, 2.05) is 50.8 Å². The summed E-state index contributed by atoms with van der Waals surface area (Å²) in [4.78, 5) is 45.5. The SMILES string of the molecule is CCN(C(=O)Cc1ccc(S(C)(=O)=O)cc1)C1CCN(CC[C@H](NC(=O)C2CCN(C(=O)OC(C)(C)C)CC2)c2ccccc2)CC1. The Morgan fingerprint density at radius 1 is 0.936 bits per heavy atom. The molecule has 1 N–H and O–H groups in total. The summed E-state index contributed by atoms with van der Waals surface area (Å²) in [7, 11) is -3.27. The zero-order valence-corrected chi connectivity index (χ0v) is 29.4. The summed E-state index contributed by atoms with van der Waals surface area (Å²) < 4.78 is 29.0. The number of ether oxygens (including phenoxy) is 1. The summed E-state index contributed by atoms with van der Waals surface area (Å²) in [5.41, 5.74) is 1.34. The quantitative estimate of drug-likeness (QED) is 0.364. The lowest BCUT2D eigenvalue weighted by Gasteiger charge is -2.39. The van der Waals surface area contributed by atoms with Crippen LogP contribution in [0, 0.1) is 5.92 Å². The number of amides is 3. The van der Waals surface area contributed by atoms with E-state index in [1.165, 1.54) is 6.26 Å². The molecule has 0 unspecified atom stereocenters. The van der Waals surface area contributed by atoms with Crippen LogP contribution in [-0.4, -0.2) is 98.2 Å². The van der Waals surface area contributed by atoms with Crippen LogP contribution < -0.4 is 5.32 Å². The van der Waals surface area contributed by atoms with Gasteiger partial charge in [0.1, 0.15) is 5.60 Å². The number of nitrogens with zero attached hydrogens (tertiary/aromatic N) is 3. The maximum absolute atomic E-state index is 13.4. The van der Waals surface area contributed by atoms with Crippen LogP contribution in [-0.2, 0) is 30.6 Å². The van der Waals surface area contributed by atoms with Crippen LogP contribution in [0.3, 0.4) is 0 Å². The highest BCUT2D eigenvalue weighted by atomic mass is 32.2. The maximum atomic E-state index is 13.4. The lowest BCUT2D eigenvalue weighted by Crippen LogP contribution is -2.48. The molecule has 4 rings (SSSR count). The van der Waals surface area contributed by atoms with E-state index in [9.17, 15) is 22.8 Å². The number of likely N-dealkylation sites (tertiary alicyclic amines) is 2. The number of hydrogen-bond donors (Lipinski definition) is 1. The van der Waals surface area contributed by atoms with Gasteiger partial charge in [0, 0.05) is 57.5 Å². The average molecular weight is 669 g/mol. The largest absolute Gasteiger partial charge is 0.444 e. The second-order valence-corrected chi connectivity index (χ2v) is 15.9. The third-order valence-electron chi connectivity index (χ3n) is 9.14. The molecule has 258 valence electrons. The Morgan fingerprint density at radius 2 is 1.55 bits per heavy atom. The van der Waals surface area contributed by atoms with Crippen LogP contribution in [0.4, 0.5) is 4.79 Å². The number of sulfone groups is 1. The molecule has 3 amide bonds. The highest BCUT2D eigenvalue weighted by Crippen LogP contribution is 2.25. The highest BCUT2D eigenvalue weighted by Gasteiger charge is 2.32. The van der Waals surface area contributed by atoms with Crippen LogP contribution in [0.5, 0.6) is 0 Å². The fourth-order valence-electron chi connectivity index (χ4n) is 6.48. The minimum Gasteiger partial charge on any atom is -0.444 e. The third kappa shape index (κ3) is 10.8. The van der Waals surface area contributed by atoms with Gasteiger partial charge in [-0.25, -0.2) is 13.2 Å². The predicted octanol–water partition coefficient (Wildman–Crippen LogP) is 4.84. The van der Waals surface area contributed by atoms with Crippen LogP contribution in [0.25, 0.3) is 0 Å². The van der Waals surface area contributed by atoms with Gasteiger partial charge in [0.2, 0.25) is 11.8 Å². The van der Waals surface area contributed by atoms with E-state index in [0.29, 0.717) is 32.5 Å². The van der Waals surface area contributed by atoms with Crippen molar-refractivity contribution < 1.29 is 27.5 Å². The Bertz CT molecular complexity index is 1440. The number of rotatable bonds is 11. The van der Waals surface area contributed by atoms with Crippen molar-refractivity contribution in [2.24, 2.45) is 5.92 Å². The summed E-state index contributed by atoms with van der Waals surface area (Å²) in [6.45, 7) is 11.8. The molecule has 0 radical (unpaired) electrons. The fourth-order valence-corrected chi connectivity index (χ4v) is 7.11. The zero-order chi connectivity index (χ0) is 34.2. The van der Waals surface area contributed by atoms with Gasteiger partial charge < -0.3 is 24.8 Å². The van der Waals surface area contributed by atoms with Gasteiger partial charge in [-0.1, -0.05) is 42.5 Å². The van der Waals surface area contributed by atoms with Gasteiger partial charge in [-0.15, -0.1) is 0 Å². The van der Waals surface area contributed by atoms with E-state index < -0.39 is 15.4 Å². The second-order valence-electron chi connectivity index (χ2n) is 13.8. The van der Waals surface area contributed by atoms with E-state index in [0.717, 1.165) is 50.0 Å². The predicted molar refractivity (Wildman–Crippen MR) is 183 cm³/mol. The normalized spacial score (nSPS) is 17.6. The molecular formula is C36H52N4O6S. The summed E-state index contributed by atoms with van der Waals surface area (Å²) >= 11 is 0. The maximum Gasteiger partial charge on any atom is 0.410 e. The van der Waals surface area contributed by atoms with E-state index in [2.05, 4.69) is 22.3 Å². The number of likely N-dealkylation sites (N-methyl/N-ethyl adjacent to an activating group) is 1. The van der Waals surface area contributed by atoms with Crippen molar-refractivity contribution >= 4 is 27.7 Å². The van der Waals surface area contributed by atoms with Gasteiger partial charge in [-0.05, 0) is 83.1 Å². The summed E-state index contributed by atoms with van der Waals surface area (Å²) in [5, 5.41) is 3.32. The third-order valence-corrected chi connectivity index (χ3v) is 10.3. The minimum absolute atomic E-state index is 0.0319. The standard InChI is InChI=1S/C36H52N4O6S/c1-6-40(33(41)26-27-12-14-31(15-13-27)47(5,44)45)30-18-21-38(22-19-30)23-20-32(28-10-8-7-9-11-28)37-34(42)29-16-24-39(25-17-29)35(43)46-36(2,3)4/h7-15,29-30,32H,6,16-26H2,1-5H3,(H,37,42)/t32-/m0/s1. The molecule has 2 fully saturated rings. The first-order chi connectivity index (χ1) is 22.2. The van der Waals surface area contributed by atoms with E-state index in [4.69, 9.17) is 4.74 Å². The summed E-state index contributed by atoms with van der Waals surface area (Å²) in [6.07, 6.45) is 4.86. The highest BCUT2D eigenvalue weighted by molar-refractivity contribution is 7.90. The molecule has 47 heavy (non-hydrogen) atoms. The Morgan fingerprint density at radius 3 is 2.11 bits per heavy atom. The molecule has 2 heterocycles. The monoisotopic (exact) mass is 668 g/mol. The number of carbonyl (C=O) groups is 3. The molecular weight excluding hydrogens is 616 g/mol. The lowest BCUT2D eigenvalue weighted by atomic mass is 9.94. The molecule has 0 bridgehead atoms. The van der Waals surface area contributed by atoms with Crippen molar-refractivity contribution in [3.8, 4) is 0 Å². The summed E-state index contributed by atoms with van der Waals surface area (Å²) in [5.74, 6) is -0.0582. The van der Waals surface area contributed by atoms with Crippen molar-refractivity contribution in [2.45, 2.75) is 88.8 Å².